The Kier molecular flexibility index (Phi) is 3.41. The number of hydrogen-bond donors (Lipinski definition) is 1. The summed E-state index contributed by atoms with van der Waals surface area (Å²) >= 11 is 0. The Morgan fingerprint density at radius 3 is 2.56 bits per heavy atom. The number of carbonyl (C=O) groups is 1. The third-order valence-electron chi connectivity index (χ3n) is 1.57. The van der Waals surface area contributed by atoms with Crippen molar-refractivity contribution in [2.75, 3.05) is 0 Å². The number of hydrogen-bond acceptors (Lipinski definition) is 4. The van der Waals surface area contributed by atoms with Crippen LogP contribution in [0.15, 0.2) is 35.7 Å². The van der Waals surface area contributed by atoms with E-state index in [0.29, 0.717) is 6.07 Å². The summed E-state index contributed by atoms with van der Waals surface area (Å²) in [4.78, 5) is 9.86. The lowest BCUT2D eigenvalue weighted by Gasteiger charge is -2.03. The van der Waals surface area contributed by atoms with Crippen molar-refractivity contribution in [2.24, 2.45) is 0 Å². The Labute approximate surface area is 90.9 Å². The molecule has 1 aromatic carbocycles. The first kappa shape index (κ1) is 12.3. The lowest BCUT2D eigenvalue weighted by Crippen LogP contribution is -2.05. The van der Waals surface area contributed by atoms with Crippen LogP contribution in [0, 0.1) is 5.82 Å². The van der Waals surface area contributed by atoms with E-state index in [2.05, 4.69) is 11.3 Å². The van der Waals surface area contributed by atoms with Gasteiger partial charge >= 0.3 is 5.97 Å². The van der Waals surface area contributed by atoms with Gasteiger partial charge < -0.3 is 4.74 Å². The quantitative estimate of drug-likeness (QED) is 0.374. The molecule has 0 amide bonds. The van der Waals surface area contributed by atoms with Crippen molar-refractivity contribution >= 4 is 16.1 Å². The third-order valence-corrected chi connectivity index (χ3v) is 2.45. The minimum atomic E-state index is -4.62. The molecule has 1 aromatic rings. The molecule has 86 valence electrons. The molecule has 0 heterocycles. The van der Waals surface area contributed by atoms with Crippen LogP contribution in [0.4, 0.5) is 4.39 Å². The van der Waals surface area contributed by atoms with Crippen LogP contribution >= 0.6 is 0 Å². The molecular formula is C9H7FO5S. The number of carbonyl (C=O) groups excluding carboxylic acids is 1. The Morgan fingerprint density at radius 2 is 2.12 bits per heavy atom. The first-order valence-electron chi connectivity index (χ1n) is 3.96. The molecule has 16 heavy (non-hydrogen) atoms. The zero-order chi connectivity index (χ0) is 12.3. The molecule has 0 aliphatic rings. The Bertz CT molecular complexity index is 535. The van der Waals surface area contributed by atoms with Gasteiger partial charge in [-0.2, -0.15) is 8.42 Å². The van der Waals surface area contributed by atoms with Gasteiger partial charge in [0.1, 0.15) is 16.5 Å². The number of benzene rings is 1. The molecule has 0 fully saturated rings. The van der Waals surface area contributed by atoms with Crippen LogP contribution in [0.5, 0.6) is 5.75 Å². The Hall–Kier alpha value is -1.73. The summed E-state index contributed by atoms with van der Waals surface area (Å²) in [5.41, 5.74) is 0. The van der Waals surface area contributed by atoms with Gasteiger partial charge in [-0.3, -0.25) is 4.55 Å². The number of ether oxygens (including phenoxy) is 1. The van der Waals surface area contributed by atoms with Crippen molar-refractivity contribution in [3.63, 3.8) is 0 Å². The van der Waals surface area contributed by atoms with Gasteiger partial charge in [-0.25, -0.2) is 9.18 Å². The van der Waals surface area contributed by atoms with Crippen molar-refractivity contribution in [1.29, 1.82) is 0 Å². The minimum absolute atomic E-state index is 0.185. The van der Waals surface area contributed by atoms with Crippen LogP contribution in [0.3, 0.4) is 0 Å². The van der Waals surface area contributed by atoms with Gasteiger partial charge in [0.25, 0.3) is 10.1 Å². The molecule has 1 rings (SSSR count). The highest BCUT2D eigenvalue weighted by molar-refractivity contribution is 7.85. The molecule has 0 saturated heterocycles. The first-order chi connectivity index (χ1) is 7.34. The van der Waals surface area contributed by atoms with Crippen LogP contribution in [-0.4, -0.2) is 18.9 Å². The maximum Gasteiger partial charge on any atom is 0.335 e. The zero-order valence-corrected chi connectivity index (χ0v) is 8.70. The molecule has 0 bridgehead atoms. The maximum atomic E-state index is 13.1. The molecule has 0 radical (unpaired) electrons. The van der Waals surface area contributed by atoms with E-state index in [1.807, 2.05) is 0 Å². The molecule has 1 N–H and O–H groups in total. The van der Waals surface area contributed by atoms with E-state index < -0.39 is 26.8 Å². The van der Waals surface area contributed by atoms with Crippen molar-refractivity contribution in [3.8, 4) is 5.75 Å². The van der Waals surface area contributed by atoms with Crippen molar-refractivity contribution < 1.29 is 26.9 Å². The SMILES string of the molecule is C=CC(=O)Oc1ccc(S(=O)(=O)O)c(F)c1. The monoisotopic (exact) mass is 246 g/mol. The lowest BCUT2D eigenvalue weighted by atomic mass is 10.3. The maximum absolute atomic E-state index is 13.1. The molecule has 5 nitrogen and oxygen atoms in total. The van der Waals surface area contributed by atoms with E-state index in [1.165, 1.54) is 0 Å². The molecule has 0 aliphatic heterocycles. The fourth-order valence-corrected chi connectivity index (χ4v) is 1.46. The van der Waals surface area contributed by atoms with Gasteiger partial charge in [-0.05, 0) is 12.1 Å². The summed E-state index contributed by atoms with van der Waals surface area (Å²) < 4.78 is 47.5. The van der Waals surface area contributed by atoms with E-state index in [-0.39, 0.29) is 5.75 Å². The molecule has 0 spiro atoms. The van der Waals surface area contributed by atoms with E-state index in [9.17, 15) is 17.6 Å². The molecule has 0 unspecified atom stereocenters. The van der Waals surface area contributed by atoms with Gasteiger partial charge in [0.15, 0.2) is 0 Å². The summed E-state index contributed by atoms with van der Waals surface area (Å²) in [7, 11) is -4.62. The fraction of sp³-hybridized carbons (Fsp3) is 0. The highest BCUT2D eigenvalue weighted by Crippen LogP contribution is 2.20. The van der Waals surface area contributed by atoms with E-state index in [1.54, 1.807) is 0 Å². The molecule has 0 aliphatic carbocycles. The fourth-order valence-electron chi connectivity index (χ4n) is 0.912. The average molecular weight is 246 g/mol. The summed E-state index contributed by atoms with van der Waals surface area (Å²) in [5.74, 6) is -2.20. The zero-order valence-electron chi connectivity index (χ0n) is 7.88. The lowest BCUT2D eigenvalue weighted by molar-refractivity contribution is -0.128. The molecule has 0 aromatic heterocycles. The van der Waals surface area contributed by atoms with Crippen LogP contribution in [-0.2, 0) is 14.9 Å². The topological polar surface area (TPSA) is 80.7 Å². The summed E-state index contributed by atoms with van der Waals surface area (Å²) in [6.07, 6.45) is 0.870. The average Bonchev–Trinajstić information content (AvgIpc) is 2.15. The van der Waals surface area contributed by atoms with Crippen LogP contribution in [0.25, 0.3) is 0 Å². The minimum Gasteiger partial charge on any atom is -0.423 e. The second kappa shape index (κ2) is 4.42. The first-order valence-corrected chi connectivity index (χ1v) is 5.40. The summed E-state index contributed by atoms with van der Waals surface area (Å²) in [6, 6.07) is 2.49. The summed E-state index contributed by atoms with van der Waals surface area (Å²) in [5, 5.41) is 0. The highest BCUT2D eigenvalue weighted by Gasteiger charge is 2.16. The summed E-state index contributed by atoms with van der Waals surface area (Å²) in [6.45, 7) is 3.13. The molecule has 0 atom stereocenters. The number of rotatable bonds is 3. The van der Waals surface area contributed by atoms with E-state index in [0.717, 1.165) is 18.2 Å². The smallest absolute Gasteiger partial charge is 0.335 e. The van der Waals surface area contributed by atoms with Gasteiger partial charge in [0.2, 0.25) is 0 Å². The third kappa shape index (κ3) is 2.88. The largest absolute Gasteiger partial charge is 0.423 e. The van der Waals surface area contributed by atoms with Crippen LogP contribution in [0.1, 0.15) is 0 Å². The van der Waals surface area contributed by atoms with E-state index in [4.69, 9.17) is 4.55 Å². The highest BCUT2D eigenvalue weighted by atomic mass is 32.2. The van der Waals surface area contributed by atoms with Gasteiger partial charge in [-0.15, -0.1) is 0 Å². The Balaban J connectivity index is 3.10. The van der Waals surface area contributed by atoms with Crippen molar-refractivity contribution in [2.45, 2.75) is 4.90 Å². The van der Waals surface area contributed by atoms with Crippen molar-refractivity contribution in [1.82, 2.24) is 0 Å². The predicted molar refractivity (Wildman–Crippen MR) is 52.0 cm³/mol. The number of esters is 1. The predicted octanol–water partition coefficient (Wildman–Crippen LogP) is 1.16. The Morgan fingerprint density at radius 1 is 1.50 bits per heavy atom. The normalized spacial score (nSPS) is 10.9. The molecule has 7 heteroatoms. The van der Waals surface area contributed by atoms with Gasteiger partial charge in [0.05, 0.1) is 0 Å². The van der Waals surface area contributed by atoms with Crippen LogP contribution in [0.2, 0.25) is 0 Å². The number of halogens is 1. The standard InChI is InChI=1S/C9H7FO5S/c1-2-9(11)15-6-3-4-8(7(10)5-6)16(12,13)14/h2-5H,1H2,(H,12,13,14). The van der Waals surface area contributed by atoms with Gasteiger partial charge in [-0.1, -0.05) is 6.58 Å². The molecular weight excluding hydrogens is 239 g/mol. The molecule has 0 saturated carbocycles. The van der Waals surface area contributed by atoms with Crippen LogP contribution < -0.4 is 4.74 Å². The second-order valence-electron chi connectivity index (χ2n) is 2.69. The second-order valence-corrected chi connectivity index (χ2v) is 4.08. The van der Waals surface area contributed by atoms with Gasteiger partial charge in [0, 0.05) is 12.1 Å². The van der Waals surface area contributed by atoms with Crippen molar-refractivity contribution in [3.05, 3.63) is 36.7 Å². The van der Waals surface area contributed by atoms with E-state index >= 15 is 0 Å².